The smallest absolute Gasteiger partial charge is 0.126 e. The minimum atomic E-state index is -0.175. The maximum atomic E-state index is 13.4. The van der Waals surface area contributed by atoms with E-state index in [2.05, 4.69) is 17.2 Å². The molecule has 0 saturated carbocycles. The summed E-state index contributed by atoms with van der Waals surface area (Å²) in [6.07, 6.45) is 1.85. The molecule has 0 unspecified atom stereocenters. The zero-order chi connectivity index (χ0) is 12.3. The number of nitrogens with zero attached hydrogens (tertiary/aromatic N) is 1. The fourth-order valence-electron chi connectivity index (χ4n) is 1.50. The quantitative estimate of drug-likeness (QED) is 0.900. The van der Waals surface area contributed by atoms with Crippen molar-refractivity contribution >= 4 is 11.3 Å². The molecule has 1 aromatic carbocycles. The molecule has 4 heteroatoms. The highest BCUT2D eigenvalue weighted by Crippen LogP contribution is 2.26. The third kappa shape index (κ3) is 2.90. The van der Waals surface area contributed by atoms with Crippen molar-refractivity contribution in [2.24, 2.45) is 0 Å². The van der Waals surface area contributed by atoms with Crippen molar-refractivity contribution < 1.29 is 4.39 Å². The number of aryl methyl sites for hydroxylation is 1. The molecule has 0 saturated heterocycles. The van der Waals surface area contributed by atoms with Crippen molar-refractivity contribution in [1.29, 1.82) is 0 Å². The van der Waals surface area contributed by atoms with Crippen LogP contribution in [0.25, 0.3) is 10.6 Å². The molecule has 2 aromatic rings. The first kappa shape index (κ1) is 12.2. The zero-order valence-electron chi connectivity index (χ0n) is 9.96. The molecular weight excluding hydrogens is 235 g/mol. The van der Waals surface area contributed by atoms with E-state index in [9.17, 15) is 4.39 Å². The molecule has 90 valence electrons. The Morgan fingerprint density at radius 2 is 2.24 bits per heavy atom. The number of thiazole rings is 1. The molecule has 0 aliphatic carbocycles. The van der Waals surface area contributed by atoms with Gasteiger partial charge < -0.3 is 5.32 Å². The van der Waals surface area contributed by atoms with E-state index < -0.39 is 0 Å². The second-order valence-electron chi connectivity index (χ2n) is 3.88. The number of nitrogens with one attached hydrogen (secondary N) is 1. The van der Waals surface area contributed by atoms with E-state index in [-0.39, 0.29) is 5.82 Å². The fourth-order valence-corrected chi connectivity index (χ4v) is 2.37. The number of hydrogen-bond donors (Lipinski definition) is 1. The van der Waals surface area contributed by atoms with E-state index >= 15 is 0 Å². The molecule has 0 amide bonds. The molecule has 0 fully saturated rings. The molecule has 0 spiro atoms. The molecule has 2 nitrogen and oxygen atoms in total. The lowest BCUT2D eigenvalue weighted by molar-refractivity contribution is 0.619. The average Bonchev–Trinajstić information content (AvgIpc) is 2.79. The van der Waals surface area contributed by atoms with Crippen LogP contribution in [0.1, 0.15) is 17.4 Å². The number of halogens is 1. The first-order chi connectivity index (χ1) is 8.20. The lowest BCUT2D eigenvalue weighted by atomic mass is 10.1. The van der Waals surface area contributed by atoms with Gasteiger partial charge in [-0.2, -0.15) is 0 Å². The van der Waals surface area contributed by atoms with Crippen LogP contribution in [-0.2, 0) is 6.54 Å². The molecule has 0 aliphatic heterocycles. The Hall–Kier alpha value is -1.26. The van der Waals surface area contributed by atoms with Crippen molar-refractivity contribution in [1.82, 2.24) is 10.3 Å². The molecular formula is C13H15FN2S. The van der Waals surface area contributed by atoms with Gasteiger partial charge in [0.2, 0.25) is 0 Å². The standard InChI is InChI=1S/C13H15FN2S/c1-3-15-7-11-8-16-13(17-11)10-5-4-9(2)12(14)6-10/h4-6,8,15H,3,7H2,1-2H3. The lowest BCUT2D eigenvalue weighted by Gasteiger charge is -1.99. The zero-order valence-corrected chi connectivity index (χ0v) is 10.8. The van der Waals surface area contributed by atoms with E-state index in [1.807, 2.05) is 12.3 Å². The Bertz CT molecular complexity index is 508. The molecule has 0 atom stereocenters. The minimum absolute atomic E-state index is 0.175. The van der Waals surface area contributed by atoms with Crippen LogP contribution in [0.3, 0.4) is 0 Å². The van der Waals surface area contributed by atoms with Gasteiger partial charge in [-0.1, -0.05) is 19.1 Å². The summed E-state index contributed by atoms with van der Waals surface area (Å²) in [5.41, 5.74) is 1.51. The van der Waals surface area contributed by atoms with Crippen molar-refractivity contribution in [3.05, 3.63) is 40.7 Å². The first-order valence-electron chi connectivity index (χ1n) is 5.62. The Kier molecular flexibility index (Phi) is 3.86. The monoisotopic (exact) mass is 250 g/mol. The fraction of sp³-hybridized carbons (Fsp3) is 0.308. The molecule has 2 rings (SSSR count). The van der Waals surface area contributed by atoms with Crippen molar-refractivity contribution in [3.63, 3.8) is 0 Å². The van der Waals surface area contributed by atoms with Gasteiger partial charge in [-0.15, -0.1) is 11.3 Å². The van der Waals surface area contributed by atoms with Crippen molar-refractivity contribution in [3.8, 4) is 10.6 Å². The SMILES string of the molecule is CCNCc1cnc(-c2ccc(C)c(F)c2)s1. The van der Waals surface area contributed by atoms with Gasteiger partial charge in [-0.25, -0.2) is 9.37 Å². The van der Waals surface area contributed by atoms with Crippen LogP contribution in [-0.4, -0.2) is 11.5 Å². The summed E-state index contributed by atoms with van der Waals surface area (Å²) >= 11 is 1.60. The van der Waals surface area contributed by atoms with Gasteiger partial charge in [-0.3, -0.25) is 0 Å². The van der Waals surface area contributed by atoms with Gasteiger partial charge in [-0.05, 0) is 25.1 Å². The number of rotatable bonds is 4. The van der Waals surface area contributed by atoms with Crippen LogP contribution < -0.4 is 5.32 Å². The largest absolute Gasteiger partial charge is 0.312 e. The second-order valence-corrected chi connectivity index (χ2v) is 4.99. The number of hydrogen-bond acceptors (Lipinski definition) is 3. The van der Waals surface area contributed by atoms with Gasteiger partial charge in [0.25, 0.3) is 0 Å². The summed E-state index contributed by atoms with van der Waals surface area (Å²) in [6, 6.07) is 5.25. The van der Waals surface area contributed by atoms with Crippen LogP contribution in [0, 0.1) is 12.7 Å². The highest BCUT2D eigenvalue weighted by Gasteiger charge is 2.06. The summed E-state index contributed by atoms with van der Waals surface area (Å²) in [4.78, 5) is 5.49. The second kappa shape index (κ2) is 5.38. The van der Waals surface area contributed by atoms with Gasteiger partial charge in [0.1, 0.15) is 10.8 Å². The lowest BCUT2D eigenvalue weighted by Crippen LogP contribution is -2.10. The Labute approximate surface area is 105 Å². The maximum absolute atomic E-state index is 13.4. The summed E-state index contributed by atoms with van der Waals surface area (Å²) in [7, 11) is 0. The highest BCUT2D eigenvalue weighted by atomic mass is 32.1. The predicted octanol–water partition coefficient (Wildman–Crippen LogP) is 3.37. The normalized spacial score (nSPS) is 10.8. The highest BCUT2D eigenvalue weighted by molar-refractivity contribution is 7.15. The van der Waals surface area contributed by atoms with Gasteiger partial charge in [0, 0.05) is 23.2 Å². The molecule has 0 bridgehead atoms. The third-order valence-corrected chi connectivity index (χ3v) is 3.57. The molecule has 0 aliphatic rings. The van der Waals surface area contributed by atoms with Crippen LogP contribution in [0.15, 0.2) is 24.4 Å². The van der Waals surface area contributed by atoms with E-state index in [1.54, 1.807) is 30.4 Å². The van der Waals surface area contributed by atoms with Crippen LogP contribution >= 0.6 is 11.3 Å². The Morgan fingerprint density at radius 1 is 1.41 bits per heavy atom. The molecule has 0 radical (unpaired) electrons. The van der Waals surface area contributed by atoms with E-state index in [0.29, 0.717) is 5.56 Å². The molecule has 1 heterocycles. The number of benzene rings is 1. The van der Waals surface area contributed by atoms with Gasteiger partial charge in [0.05, 0.1) is 0 Å². The van der Waals surface area contributed by atoms with Crippen molar-refractivity contribution in [2.45, 2.75) is 20.4 Å². The van der Waals surface area contributed by atoms with Crippen LogP contribution in [0.5, 0.6) is 0 Å². The first-order valence-corrected chi connectivity index (χ1v) is 6.44. The van der Waals surface area contributed by atoms with Gasteiger partial charge >= 0.3 is 0 Å². The van der Waals surface area contributed by atoms with Gasteiger partial charge in [0.15, 0.2) is 0 Å². The maximum Gasteiger partial charge on any atom is 0.126 e. The Balaban J connectivity index is 2.21. The molecule has 17 heavy (non-hydrogen) atoms. The third-order valence-electron chi connectivity index (χ3n) is 2.52. The summed E-state index contributed by atoms with van der Waals surface area (Å²) < 4.78 is 13.4. The average molecular weight is 250 g/mol. The number of aromatic nitrogens is 1. The molecule has 1 aromatic heterocycles. The van der Waals surface area contributed by atoms with E-state index in [1.165, 1.54) is 4.88 Å². The van der Waals surface area contributed by atoms with Crippen LogP contribution in [0.4, 0.5) is 4.39 Å². The molecule has 1 N–H and O–H groups in total. The topological polar surface area (TPSA) is 24.9 Å². The summed E-state index contributed by atoms with van der Waals surface area (Å²) in [6.45, 7) is 5.59. The van der Waals surface area contributed by atoms with Crippen molar-refractivity contribution in [2.75, 3.05) is 6.54 Å². The Morgan fingerprint density at radius 3 is 2.94 bits per heavy atom. The predicted molar refractivity (Wildman–Crippen MR) is 69.6 cm³/mol. The van der Waals surface area contributed by atoms with E-state index in [4.69, 9.17) is 0 Å². The summed E-state index contributed by atoms with van der Waals surface area (Å²) in [5, 5.41) is 4.12. The van der Waals surface area contributed by atoms with Crippen LogP contribution in [0.2, 0.25) is 0 Å². The summed E-state index contributed by atoms with van der Waals surface area (Å²) in [5.74, 6) is -0.175. The van der Waals surface area contributed by atoms with E-state index in [0.717, 1.165) is 23.7 Å². The minimum Gasteiger partial charge on any atom is -0.312 e.